The number of aromatic amines is 1. The second kappa shape index (κ2) is 19.0. The van der Waals surface area contributed by atoms with Crippen LogP contribution >= 0.6 is 23.2 Å². The second-order valence-electron chi connectivity index (χ2n) is 16.1. The highest BCUT2D eigenvalue weighted by molar-refractivity contribution is 7.89. The Kier molecular flexibility index (Phi) is 13.5. The predicted molar refractivity (Wildman–Crippen MR) is 222 cm³/mol. The third kappa shape index (κ3) is 10.3. The van der Waals surface area contributed by atoms with E-state index < -0.39 is 52.6 Å². The molecular formula is C44H46Cl2F3N4O8S+. The van der Waals surface area contributed by atoms with E-state index in [1.165, 1.54) is 67.0 Å². The Labute approximate surface area is 367 Å². The molecule has 330 valence electrons. The number of aromatic nitrogens is 1. The van der Waals surface area contributed by atoms with Crippen molar-refractivity contribution in [2.24, 2.45) is 11.8 Å². The number of pyridine rings is 1. The minimum absolute atomic E-state index is 0.00718. The molecular weight excluding hydrogens is 872 g/mol. The zero-order valence-electron chi connectivity index (χ0n) is 33.5. The van der Waals surface area contributed by atoms with Crippen LogP contribution in [-0.2, 0) is 35.5 Å². The Bertz CT molecular complexity index is 2370. The third-order valence-corrected chi connectivity index (χ3v) is 14.5. The summed E-state index contributed by atoms with van der Waals surface area (Å²) in [6.45, 7) is -0.318. The minimum Gasteiger partial charge on any atom is -0.489 e. The van der Waals surface area contributed by atoms with Crippen LogP contribution in [-0.4, -0.2) is 81.1 Å². The van der Waals surface area contributed by atoms with Gasteiger partial charge in [-0.3, -0.25) is 9.69 Å². The summed E-state index contributed by atoms with van der Waals surface area (Å²) < 4.78 is 94.0. The van der Waals surface area contributed by atoms with Crippen LogP contribution in [0.3, 0.4) is 0 Å². The average Bonchev–Trinajstić information content (AvgIpc) is 3.95. The molecule has 1 unspecified atom stereocenters. The van der Waals surface area contributed by atoms with E-state index in [9.17, 15) is 31.2 Å². The van der Waals surface area contributed by atoms with Gasteiger partial charge in [-0.1, -0.05) is 47.5 Å². The van der Waals surface area contributed by atoms with Gasteiger partial charge in [-0.25, -0.2) is 22.6 Å². The lowest BCUT2D eigenvalue weighted by Gasteiger charge is -2.44. The number of hydrogen-bond acceptors (Lipinski definition) is 10. The van der Waals surface area contributed by atoms with Crippen LogP contribution in [0.2, 0.25) is 10.0 Å². The van der Waals surface area contributed by atoms with Crippen LogP contribution in [0.25, 0.3) is 0 Å². The van der Waals surface area contributed by atoms with Crippen molar-refractivity contribution in [2.45, 2.75) is 80.7 Å². The normalized spacial score (nSPS) is 22.2. The fourth-order valence-electron chi connectivity index (χ4n) is 8.36. The van der Waals surface area contributed by atoms with E-state index in [0.29, 0.717) is 29.7 Å². The van der Waals surface area contributed by atoms with Crippen LogP contribution in [0.4, 0.5) is 18.9 Å². The van der Waals surface area contributed by atoms with Crippen molar-refractivity contribution in [3.63, 3.8) is 0 Å². The average molecular weight is 919 g/mol. The highest BCUT2D eigenvalue weighted by Crippen LogP contribution is 2.39. The maximum atomic E-state index is 14.5. The lowest BCUT2D eigenvalue weighted by molar-refractivity contribution is -0.377. The standard InChI is InChI=1S/C44H45Cl2F3N4O8S/c45-34-22-50-23-35(46)33(34)21-38(28-11-12-37(61-44(48)49)39(19-28)58-25-26-9-10-26)59-42(54)36-8-3-15-53(36)62(56,57)32-7-2-6-31(20-32)51-41(29-4-1-5-30(47)18-29)43(55)60-40-24-52-16-13-27(40)14-17-52/h1-2,4-7,11-12,18-20,22-23,26-27,36,38,40-41,44,51H,3,8-10,13-17,21,24-25H2/p+1/t36-,38+,40+,41?/m1/s1. The lowest BCUT2D eigenvalue weighted by atomic mass is 9.86. The molecule has 9 rings (SSSR count). The Morgan fingerprint density at radius 2 is 1.65 bits per heavy atom. The molecule has 4 atom stereocenters. The number of sulfonamides is 1. The highest BCUT2D eigenvalue weighted by Gasteiger charge is 2.42. The second-order valence-corrected chi connectivity index (χ2v) is 18.9. The molecule has 4 aliphatic heterocycles. The van der Waals surface area contributed by atoms with E-state index in [4.69, 9.17) is 42.1 Å². The number of benzene rings is 3. The number of esters is 2. The van der Waals surface area contributed by atoms with E-state index in [2.05, 4.69) is 15.2 Å². The van der Waals surface area contributed by atoms with Gasteiger partial charge in [0.05, 0.1) is 11.5 Å². The lowest BCUT2D eigenvalue weighted by Crippen LogP contribution is -2.52. The SMILES string of the molecule is O=C(O[C@H]1CN2CCC1CC2)C(Nc1cccc(S(=O)(=O)N2CCC[C@@H]2C(=O)O[C@@H](Cc2c(Cl)c[nH+]cc2Cl)c2ccc(OC(F)F)c(OCC3CC3)c2)c1)c1cccc(F)c1. The third-order valence-electron chi connectivity index (χ3n) is 11.9. The monoisotopic (exact) mass is 917 g/mol. The topological polar surface area (TPSA) is 138 Å². The number of fused-ring (bicyclic) bond motifs is 3. The van der Waals surface area contributed by atoms with Crippen LogP contribution in [0.1, 0.15) is 67.4 Å². The summed E-state index contributed by atoms with van der Waals surface area (Å²) in [6, 6.07) is 13.2. The Hall–Kier alpha value is -4.61. The molecule has 2 bridgehead atoms. The molecule has 0 amide bonds. The Morgan fingerprint density at radius 3 is 2.34 bits per heavy atom. The summed E-state index contributed by atoms with van der Waals surface area (Å²) in [5.74, 6) is -1.68. The maximum absolute atomic E-state index is 14.5. The first-order valence-corrected chi connectivity index (χ1v) is 22.8. The summed E-state index contributed by atoms with van der Waals surface area (Å²) in [7, 11) is -4.36. The van der Waals surface area contributed by atoms with Gasteiger partial charge in [0, 0.05) is 30.8 Å². The van der Waals surface area contributed by atoms with Gasteiger partial charge in [-0.05, 0) is 117 Å². The van der Waals surface area contributed by atoms with E-state index >= 15 is 0 Å². The van der Waals surface area contributed by atoms with E-state index in [1.807, 2.05) is 0 Å². The molecule has 1 saturated carbocycles. The molecule has 0 radical (unpaired) electrons. The number of nitrogens with one attached hydrogen (secondary N) is 2. The molecule has 3 aromatic carbocycles. The van der Waals surface area contributed by atoms with E-state index in [0.717, 1.165) is 43.1 Å². The van der Waals surface area contributed by atoms with Gasteiger partial charge in [-0.2, -0.15) is 13.1 Å². The number of hydrogen-bond donors (Lipinski definition) is 1. The zero-order valence-corrected chi connectivity index (χ0v) is 35.8. The number of carbonyl (C=O) groups excluding carboxylic acids is 2. The largest absolute Gasteiger partial charge is 0.489 e. The molecule has 4 aromatic rings. The van der Waals surface area contributed by atoms with Gasteiger partial charge in [0.2, 0.25) is 10.0 Å². The minimum atomic E-state index is -4.36. The smallest absolute Gasteiger partial charge is 0.387 e. The number of ether oxygens (including phenoxy) is 4. The molecule has 0 spiro atoms. The number of alkyl halides is 2. The summed E-state index contributed by atoms with van der Waals surface area (Å²) in [4.78, 5) is 33.0. The van der Waals surface area contributed by atoms with Gasteiger partial charge in [0.25, 0.3) is 0 Å². The van der Waals surface area contributed by atoms with Crippen molar-refractivity contribution in [3.05, 3.63) is 112 Å². The summed E-state index contributed by atoms with van der Waals surface area (Å²) >= 11 is 13.0. The van der Waals surface area contributed by atoms with Crippen LogP contribution in [0.5, 0.6) is 11.5 Å². The van der Waals surface area contributed by atoms with Crippen LogP contribution < -0.4 is 19.8 Å². The van der Waals surface area contributed by atoms with Gasteiger partial charge < -0.3 is 24.3 Å². The molecule has 1 aromatic heterocycles. The summed E-state index contributed by atoms with van der Waals surface area (Å²) in [5.41, 5.74) is 1.31. The highest BCUT2D eigenvalue weighted by atomic mass is 35.5. The van der Waals surface area contributed by atoms with Crippen molar-refractivity contribution in [1.29, 1.82) is 0 Å². The van der Waals surface area contributed by atoms with Crippen molar-refractivity contribution >= 4 is 50.9 Å². The number of H-pyrrole nitrogens is 1. The molecule has 18 heteroatoms. The van der Waals surface area contributed by atoms with E-state index in [-0.39, 0.29) is 76.1 Å². The molecule has 1 aliphatic carbocycles. The van der Waals surface area contributed by atoms with Gasteiger partial charge >= 0.3 is 18.6 Å². The first-order valence-electron chi connectivity index (χ1n) is 20.6. The number of anilines is 1. The van der Waals surface area contributed by atoms with Gasteiger partial charge in [0.15, 0.2) is 29.9 Å². The van der Waals surface area contributed by atoms with Gasteiger partial charge in [-0.15, -0.1) is 0 Å². The quantitative estimate of drug-likeness (QED) is 0.105. The maximum Gasteiger partial charge on any atom is 0.387 e. The number of rotatable bonds is 17. The van der Waals surface area contributed by atoms with Crippen LogP contribution in [0, 0.1) is 17.7 Å². The van der Waals surface area contributed by atoms with Crippen molar-refractivity contribution in [2.75, 3.05) is 38.1 Å². The van der Waals surface area contributed by atoms with Crippen LogP contribution in [0.15, 0.2) is 84.0 Å². The van der Waals surface area contributed by atoms with Crippen molar-refractivity contribution < 1.29 is 55.1 Å². The number of halogens is 5. The summed E-state index contributed by atoms with van der Waals surface area (Å²) in [6.07, 6.45) is 5.71. The molecule has 5 aliphatic rings. The molecule has 62 heavy (non-hydrogen) atoms. The van der Waals surface area contributed by atoms with Crippen molar-refractivity contribution in [1.82, 2.24) is 9.21 Å². The van der Waals surface area contributed by atoms with Crippen molar-refractivity contribution in [3.8, 4) is 11.5 Å². The fraction of sp³-hybridized carbons (Fsp3) is 0.432. The zero-order chi connectivity index (χ0) is 43.5. The van der Waals surface area contributed by atoms with Gasteiger partial charge in [0.1, 0.15) is 34.1 Å². The predicted octanol–water partition coefficient (Wildman–Crippen LogP) is 7.81. The molecule has 5 heterocycles. The molecule has 4 saturated heterocycles. The number of piperidine rings is 3. The first kappa shape index (κ1) is 44.0. The fourth-order valence-corrected chi connectivity index (χ4v) is 10.6. The Balaban J connectivity index is 1.04. The Morgan fingerprint density at radius 1 is 0.887 bits per heavy atom. The number of nitrogens with zero attached hydrogens (tertiary/aromatic N) is 2. The van der Waals surface area contributed by atoms with E-state index in [1.54, 1.807) is 12.1 Å². The first-order chi connectivity index (χ1) is 29.8. The molecule has 2 N–H and O–H groups in total. The summed E-state index contributed by atoms with van der Waals surface area (Å²) in [5, 5.41) is 3.58. The number of carbonyl (C=O) groups is 2. The molecule has 5 fully saturated rings. The molecule has 12 nitrogen and oxygen atoms in total.